The highest BCUT2D eigenvalue weighted by molar-refractivity contribution is 4.88. The molecule has 4 rings (SSSR count). The Hall–Kier alpha value is -0.160. The van der Waals surface area contributed by atoms with E-state index in [9.17, 15) is 0 Å². The molecule has 0 radical (unpaired) electrons. The van der Waals surface area contributed by atoms with Crippen LogP contribution in [0.3, 0.4) is 0 Å². The summed E-state index contributed by atoms with van der Waals surface area (Å²) in [5.41, 5.74) is 25.9. The zero-order valence-corrected chi connectivity index (χ0v) is 32.2. The van der Waals surface area contributed by atoms with Gasteiger partial charge in [0.2, 0.25) is 0 Å². The molecule has 0 heterocycles. The van der Waals surface area contributed by atoms with Crippen molar-refractivity contribution in [1.29, 1.82) is 0 Å². The van der Waals surface area contributed by atoms with Gasteiger partial charge in [0.1, 0.15) is 0 Å². The van der Waals surface area contributed by atoms with Crippen LogP contribution < -0.4 is 22.9 Å². The molecule has 4 fully saturated rings. The molecule has 264 valence electrons. The molecule has 4 aliphatic rings. The molecule has 4 aliphatic carbocycles. The van der Waals surface area contributed by atoms with Crippen molar-refractivity contribution in [3.05, 3.63) is 0 Å². The Morgan fingerprint density at radius 3 is 0.500 bits per heavy atom. The molecule has 0 spiro atoms. The summed E-state index contributed by atoms with van der Waals surface area (Å²) >= 11 is 0. The molecular formula is C40H84N4. The van der Waals surface area contributed by atoms with Crippen LogP contribution in [-0.4, -0.2) is 24.2 Å². The van der Waals surface area contributed by atoms with E-state index in [1.165, 1.54) is 103 Å². The minimum atomic E-state index is 0.417. The first kappa shape index (κ1) is 41.9. The minimum Gasteiger partial charge on any atom is -0.327 e. The van der Waals surface area contributed by atoms with Crippen LogP contribution in [0, 0.1) is 45.3 Å². The lowest BCUT2D eigenvalue weighted by Gasteiger charge is -2.38. The fourth-order valence-electron chi connectivity index (χ4n) is 8.94. The first-order chi connectivity index (χ1) is 20.1. The average molecular weight is 621 g/mol. The predicted molar refractivity (Wildman–Crippen MR) is 198 cm³/mol. The van der Waals surface area contributed by atoms with E-state index < -0.39 is 0 Å². The quantitative estimate of drug-likeness (QED) is 0.216. The van der Waals surface area contributed by atoms with Crippen LogP contribution in [-0.2, 0) is 0 Å². The molecule has 0 aromatic carbocycles. The molecule has 0 saturated heterocycles. The van der Waals surface area contributed by atoms with Crippen molar-refractivity contribution < 1.29 is 0 Å². The van der Waals surface area contributed by atoms with Gasteiger partial charge in [-0.3, -0.25) is 0 Å². The molecular weight excluding hydrogens is 536 g/mol. The molecule has 0 bridgehead atoms. The molecule has 44 heavy (non-hydrogen) atoms. The van der Waals surface area contributed by atoms with Gasteiger partial charge in [0.05, 0.1) is 0 Å². The van der Waals surface area contributed by atoms with Gasteiger partial charge in [-0.05, 0) is 96.7 Å². The van der Waals surface area contributed by atoms with Gasteiger partial charge >= 0.3 is 0 Å². The summed E-state index contributed by atoms with van der Waals surface area (Å²) in [7, 11) is 0. The standard InChI is InChI=1S/4C10H21N/c4*1-10(2,3)8-6-4-5-7-9(8)11/h4*8-9H,4-7,11H2,1-3H3/t2*8-,9+;2*8-,9-/m1010/s1. The number of hydrogen-bond donors (Lipinski definition) is 4. The van der Waals surface area contributed by atoms with E-state index in [1.54, 1.807) is 0 Å². The van der Waals surface area contributed by atoms with Crippen LogP contribution in [0.25, 0.3) is 0 Å². The van der Waals surface area contributed by atoms with Gasteiger partial charge in [-0.1, -0.05) is 134 Å². The van der Waals surface area contributed by atoms with E-state index in [1.807, 2.05) is 0 Å². The van der Waals surface area contributed by atoms with Crippen molar-refractivity contribution in [2.24, 2.45) is 68.3 Å². The topological polar surface area (TPSA) is 104 Å². The zero-order valence-electron chi connectivity index (χ0n) is 32.2. The summed E-state index contributed by atoms with van der Waals surface area (Å²) in [6.07, 6.45) is 21.2. The van der Waals surface area contributed by atoms with E-state index >= 15 is 0 Å². The van der Waals surface area contributed by atoms with E-state index in [4.69, 9.17) is 22.9 Å². The minimum absolute atomic E-state index is 0.417. The van der Waals surface area contributed by atoms with Crippen molar-refractivity contribution in [3.8, 4) is 0 Å². The lowest BCUT2D eigenvalue weighted by Crippen LogP contribution is -2.40. The molecule has 0 aliphatic heterocycles. The molecule has 0 aromatic heterocycles. The van der Waals surface area contributed by atoms with Crippen LogP contribution in [0.2, 0.25) is 0 Å². The lowest BCUT2D eigenvalue weighted by atomic mass is 9.70. The molecule has 0 amide bonds. The maximum absolute atomic E-state index is 6.07. The van der Waals surface area contributed by atoms with Crippen LogP contribution in [0.4, 0.5) is 0 Å². The maximum atomic E-state index is 6.07. The van der Waals surface area contributed by atoms with Crippen LogP contribution in [0.15, 0.2) is 0 Å². The maximum Gasteiger partial charge on any atom is 0.00721 e. The van der Waals surface area contributed by atoms with Gasteiger partial charge in [-0.2, -0.15) is 0 Å². The van der Waals surface area contributed by atoms with Crippen molar-refractivity contribution in [3.63, 3.8) is 0 Å². The van der Waals surface area contributed by atoms with Crippen molar-refractivity contribution in [1.82, 2.24) is 0 Å². The molecule has 4 heteroatoms. The normalized spacial score (nSPS) is 33.8. The first-order valence-corrected chi connectivity index (χ1v) is 19.1. The zero-order chi connectivity index (χ0) is 33.9. The number of hydrogen-bond acceptors (Lipinski definition) is 4. The summed E-state index contributed by atoms with van der Waals surface area (Å²) < 4.78 is 0. The Kier molecular flexibility index (Phi) is 17.5. The van der Waals surface area contributed by atoms with Crippen LogP contribution >= 0.6 is 0 Å². The van der Waals surface area contributed by atoms with E-state index in [-0.39, 0.29) is 0 Å². The van der Waals surface area contributed by atoms with E-state index in [2.05, 4.69) is 83.1 Å². The van der Waals surface area contributed by atoms with Gasteiger partial charge in [0.25, 0.3) is 0 Å². The second-order valence-corrected chi connectivity index (χ2v) is 19.7. The molecule has 8 atom stereocenters. The van der Waals surface area contributed by atoms with E-state index in [0.717, 1.165) is 23.7 Å². The lowest BCUT2D eigenvalue weighted by molar-refractivity contribution is 0.153. The van der Waals surface area contributed by atoms with E-state index in [0.29, 0.717) is 45.8 Å². The second kappa shape index (κ2) is 18.4. The monoisotopic (exact) mass is 621 g/mol. The average Bonchev–Trinajstić information content (AvgIpc) is 2.88. The van der Waals surface area contributed by atoms with Gasteiger partial charge in [-0.15, -0.1) is 0 Å². The van der Waals surface area contributed by atoms with Gasteiger partial charge < -0.3 is 22.9 Å². The summed E-state index contributed by atoms with van der Waals surface area (Å²) in [5.74, 6) is 2.99. The van der Waals surface area contributed by atoms with Gasteiger partial charge in [0, 0.05) is 24.2 Å². The highest BCUT2D eigenvalue weighted by Gasteiger charge is 2.34. The second-order valence-electron chi connectivity index (χ2n) is 19.7. The Morgan fingerprint density at radius 1 is 0.273 bits per heavy atom. The number of nitrogens with two attached hydrogens (primary N) is 4. The first-order valence-electron chi connectivity index (χ1n) is 19.1. The Morgan fingerprint density at radius 2 is 0.409 bits per heavy atom. The Balaban J connectivity index is 0.000000293. The summed E-state index contributed by atoms with van der Waals surface area (Å²) in [6.45, 7) is 27.7. The SMILES string of the molecule is CC(C)(C)[C@@H]1CCCC[C@@H]1N.CC(C)(C)[C@@H]1CCCC[C@H]1N.CC(C)(C)[C@H]1CCCC[C@@H]1N.CC(C)(C)[C@H]1CCCC[C@H]1N. The third-order valence-electron chi connectivity index (χ3n) is 11.7. The molecule has 4 saturated carbocycles. The van der Waals surface area contributed by atoms with Crippen LogP contribution in [0.1, 0.15) is 186 Å². The third-order valence-corrected chi connectivity index (χ3v) is 11.7. The predicted octanol–water partition coefficient (Wildman–Crippen LogP) is 10.2. The molecule has 0 aromatic rings. The summed E-state index contributed by atoms with van der Waals surface area (Å²) in [4.78, 5) is 0. The molecule has 0 unspecified atom stereocenters. The third kappa shape index (κ3) is 15.2. The molecule has 4 nitrogen and oxygen atoms in total. The smallest absolute Gasteiger partial charge is 0.00721 e. The number of rotatable bonds is 0. The van der Waals surface area contributed by atoms with Gasteiger partial charge in [0.15, 0.2) is 0 Å². The van der Waals surface area contributed by atoms with Crippen molar-refractivity contribution in [2.75, 3.05) is 0 Å². The fraction of sp³-hybridized carbons (Fsp3) is 1.00. The highest BCUT2D eigenvalue weighted by Crippen LogP contribution is 2.39. The van der Waals surface area contributed by atoms with Gasteiger partial charge in [-0.25, -0.2) is 0 Å². The summed E-state index contributed by atoms with van der Waals surface area (Å²) in [5, 5.41) is 0. The van der Waals surface area contributed by atoms with Crippen molar-refractivity contribution in [2.45, 2.75) is 210 Å². The largest absolute Gasteiger partial charge is 0.327 e. The fourth-order valence-corrected chi connectivity index (χ4v) is 8.94. The van der Waals surface area contributed by atoms with Crippen molar-refractivity contribution >= 4 is 0 Å². The van der Waals surface area contributed by atoms with Crippen LogP contribution in [0.5, 0.6) is 0 Å². The summed E-state index contributed by atoms with van der Waals surface area (Å²) in [6, 6.07) is 1.85. The molecule has 8 N–H and O–H groups in total. The Labute approximate surface area is 277 Å². The Bertz CT molecular complexity index is 621. The highest BCUT2D eigenvalue weighted by atomic mass is 14.7.